The predicted octanol–water partition coefficient (Wildman–Crippen LogP) is 0.783. The maximum atomic E-state index is 12.5. The molecule has 0 saturated heterocycles. The van der Waals surface area contributed by atoms with Crippen molar-refractivity contribution in [3.8, 4) is 0 Å². The first-order valence-electron chi connectivity index (χ1n) is 7.10. The van der Waals surface area contributed by atoms with Gasteiger partial charge in [0.1, 0.15) is 12.2 Å². The summed E-state index contributed by atoms with van der Waals surface area (Å²) in [6, 6.07) is 5.57. The number of para-hydroxylation sites is 1. The summed E-state index contributed by atoms with van der Waals surface area (Å²) in [6.45, 7) is -0.114. The predicted molar refractivity (Wildman–Crippen MR) is 77.5 cm³/mol. The Kier molecular flexibility index (Phi) is 4.15. The minimum Gasteiger partial charge on any atom is -0.530 e. The molecule has 2 atom stereocenters. The number of fused-ring (bicyclic) bond motifs is 2. The Balaban J connectivity index is 1.91. The van der Waals surface area contributed by atoms with E-state index in [-0.39, 0.29) is 13.1 Å². The average Bonchev–Trinajstić information content (AvgIpc) is 2.77. The molecular weight excluding hydrogens is 365 g/mol. The molecule has 1 aromatic rings. The molecule has 2 aliphatic rings. The monoisotopic (exact) mass is 377 g/mol. The van der Waals surface area contributed by atoms with E-state index in [1.807, 2.05) is 0 Å². The molecule has 7 nitrogen and oxygen atoms in total. The Bertz CT molecular complexity index is 824. The lowest BCUT2D eigenvalue weighted by molar-refractivity contribution is -0.246. The van der Waals surface area contributed by atoms with Crippen LogP contribution in [0.2, 0.25) is 0 Å². The summed E-state index contributed by atoms with van der Waals surface area (Å²) in [5.41, 5.74) is -4.61. The van der Waals surface area contributed by atoms with Crippen molar-refractivity contribution in [1.29, 1.82) is 0 Å². The van der Waals surface area contributed by atoms with Crippen LogP contribution < -0.4 is 10.0 Å². The molecule has 1 aromatic carbocycles. The Labute approximate surface area is 141 Å². The molecule has 0 fully saturated rings. The van der Waals surface area contributed by atoms with E-state index in [1.165, 1.54) is 6.20 Å². The number of carbonyl (C=O) groups excluding carboxylic acids is 1. The van der Waals surface area contributed by atoms with Gasteiger partial charge in [0.2, 0.25) is 0 Å². The summed E-state index contributed by atoms with van der Waals surface area (Å²) in [6.07, 6.45) is -0.451. The Morgan fingerprint density at radius 2 is 1.96 bits per heavy atom. The van der Waals surface area contributed by atoms with E-state index in [4.69, 9.17) is 0 Å². The highest BCUT2D eigenvalue weighted by molar-refractivity contribution is 7.87. The number of nitrogens with zero attached hydrogens (tertiary/aromatic N) is 2. The third-order valence-electron chi connectivity index (χ3n) is 4.02. The van der Waals surface area contributed by atoms with E-state index in [2.05, 4.69) is 4.18 Å². The topological polar surface area (TPSA) is 90.0 Å². The quantitative estimate of drug-likeness (QED) is 0.559. The number of carbonyl (C=O) groups is 1. The second kappa shape index (κ2) is 5.92. The van der Waals surface area contributed by atoms with Crippen LogP contribution in [0, 0.1) is 0 Å². The maximum Gasteiger partial charge on any atom is 0.523 e. The fraction of sp³-hybridized carbons (Fsp3) is 0.357. The highest BCUT2D eigenvalue weighted by Crippen LogP contribution is 2.34. The van der Waals surface area contributed by atoms with Crippen LogP contribution in [0.5, 0.6) is 0 Å². The first-order chi connectivity index (χ1) is 11.6. The normalized spacial score (nSPS) is 23.2. The van der Waals surface area contributed by atoms with Gasteiger partial charge in [-0.1, -0.05) is 18.2 Å². The van der Waals surface area contributed by atoms with Crippen LogP contribution in [-0.2, 0) is 20.8 Å². The molecule has 0 aliphatic carbocycles. The van der Waals surface area contributed by atoms with Gasteiger partial charge in [-0.25, -0.2) is 0 Å². The van der Waals surface area contributed by atoms with E-state index in [1.54, 1.807) is 29.2 Å². The SMILES string of the molecule is O=C([O-])N1CC2C(OS(=O)(=O)C(F)(F)F)C=CN2Cc2ccccc21. The summed E-state index contributed by atoms with van der Waals surface area (Å²) < 4.78 is 64.5. The number of rotatable bonds is 2. The molecule has 25 heavy (non-hydrogen) atoms. The Morgan fingerprint density at radius 3 is 2.60 bits per heavy atom. The number of alkyl halides is 3. The molecule has 0 N–H and O–H groups in total. The van der Waals surface area contributed by atoms with Crippen molar-refractivity contribution in [3.63, 3.8) is 0 Å². The Morgan fingerprint density at radius 1 is 1.28 bits per heavy atom. The van der Waals surface area contributed by atoms with E-state index in [9.17, 15) is 31.5 Å². The van der Waals surface area contributed by atoms with Crippen molar-refractivity contribution >= 4 is 21.9 Å². The minimum atomic E-state index is -5.81. The molecule has 11 heteroatoms. The van der Waals surface area contributed by atoms with Crippen molar-refractivity contribution in [2.75, 3.05) is 11.4 Å². The van der Waals surface area contributed by atoms with Gasteiger partial charge in [-0.3, -0.25) is 4.18 Å². The summed E-state index contributed by atoms with van der Waals surface area (Å²) >= 11 is 0. The zero-order valence-corrected chi connectivity index (χ0v) is 13.3. The van der Waals surface area contributed by atoms with Gasteiger partial charge in [0.25, 0.3) is 0 Å². The molecule has 0 aromatic heterocycles. The fourth-order valence-electron chi connectivity index (χ4n) is 2.86. The number of amides is 1. The highest BCUT2D eigenvalue weighted by atomic mass is 32.2. The largest absolute Gasteiger partial charge is 0.530 e. The molecule has 0 spiro atoms. The molecule has 3 rings (SSSR count). The first kappa shape index (κ1) is 17.5. The van der Waals surface area contributed by atoms with Crippen LogP contribution in [0.1, 0.15) is 5.56 Å². The number of anilines is 1. The molecule has 136 valence electrons. The van der Waals surface area contributed by atoms with E-state index in [0.717, 1.165) is 11.0 Å². The third-order valence-corrected chi connectivity index (χ3v) is 5.06. The van der Waals surface area contributed by atoms with Gasteiger partial charge in [0.15, 0.2) is 0 Å². The molecular formula is C14H12F3N2O5S-. The van der Waals surface area contributed by atoms with Crippen molar-refractivity contribution in [2.24, 2.45) is 0 Å². The van der Waals surface area contributed by atoms with Gasteiger partial charge in [0, 0.05) is 18.8 Å². The second-order valence-electron chi connectivity index (χ2n) is 5.55. The number of halogens is 3. The fourth-order valence-corrected chi connectivity index (χ4v) is 3.46. The summed E-state index contributed by atoms with van der Waals surface area (Å²) in [4.78, 5) is 13.9. The van der Waals surface area contributed by atoms with Gasteiger partial charge in [-0.15, -0.1) is 0 Å². The minimum absolute atomic E-state index is 0.188. The van der Waals surface area contributed by atoms with Crippen LogP contribution in [0.4, 0.5) is 23.7 Å². The summed E-state index contributed by atoms with van der Waals surface area (Å²) in [7, 11) is -5.81. The average molecular weight is 377 g/mol. The summed E-state index contributed by atoms with van der Waals surface area (Å²) in [5, 5.41) is 11.4. The molecule has 2 heterocycles. The van der Waals surface area contributed by atoms with Gasteiger partial charge < -0.3 is 19.7 Å². The smallest absolute Gasteiger partial charge is 0.523 e. The first-order valence-corrected chi connectivity index (χ1v) is 8.51. The van der Waals surface area contributed by atoms with Crippen LogP contribution in [0.15, 0.2) is 36.5 Å². The van der Waals surface area contributed by atoms with E-state index in [0.29, 0.717) is 11.3 Å². The Hall–Kier alpha value is -2.27. The lowest BCUT2D eigenvalue weighted by atomic mass is 10.1. The van der Waals surface area contributed by atoms with Gasteiger partial charge >= 0.3 is 15.6 Å². The molecule has 2 unspecified atom stereocenters. The van der Waals surface area contributed by atoms with Crippen molar-refractivity contribution < 1.29 is 35.7 Å². The third kappa shape index (κ3) is 3.16. The highest BCUT2D eigenvalue weighted by Gasteiger charge is 2.50. The molecule has 0 saturated carbocycles. The number of carboxylic acid groups (broad SMARTS) is 1. The lowest BCUT2D eigenvalue weighted by Gasteiger charge is -2.31. The van der Waals surface area contributed by atoms with Crippen molar-refractivity contribution in [3.05, 3.63) is 42.1 Å². The van der Waals surface area contributed by atoms with Crippen molar-refractivity contribution in [1.82, 2.24) is 4.90 Å². The number of hydrogen-bond donors (Lipinski definition) is 0. The van der Waals surface area contributed by atoms with Crippen LogP contribution >= 0.6 is 0 Å². The van der Waals surface area contributed by atoms with E-state index < -0.39 is 33.9 Å². The van der Waals surface area contributed by atoms with Gasteiger partial charge in [-0.05, 0) is 23.9 Å². The molecule has 1 amide bonds. The molecule has 0 radical (unpaired) electrons. The molecule has 0 bridgehead atoms. The lowest BCUT2D eigenvalue weighted by Crippen LogP contribution is -2.50. The molecule has 2 aliphatic heterocycles. The van der Waals surface area contributed by atoms with E-state index >= 15 is 0 Å². The zero-order valence-electron chi connectivity index (χ0n) is 12.5. The summed E-state index contributed by atoms with van der Waals surface area (Å²) in [5.74, 6) is 0. The number of benzene rings is 1. The second-order valence-corrected chi connectivity index (χ2v) is 7.11. The van der Waals surface area contributed by atoms with Crippen molar-refractivity contribution in [2.45, 2.75) is 24.2 Å². The van der Waals surface area contributed by atoms with Crippen LogP contribution in [0.25, 0.3) is 0 Å². The van der Waals surface area contributed by atoms with Gasteiger partial charge in [0.05, 0.1) is 6.04 Å². The standard InChI is InChI=1S/C14H13F3N2O5S/c15-14(16,17)25(22,23)24-12-5-6-18-7-9-3-1-2-4-10(9)19(13(20)21)8-11(12)18/h1-6,11-12H,7-8H2,(H,20,21)/p-1. The van der Waals surface area contributed by atoms with Gasteiger partial charge in [-0.2, -0.15) is 21.6 Å². The number of hydrogen-bond acceptors (Lipinski definition) is 6. The van der Waals surface area contributed by atoms with Crippen LogP contribution in [-0.4, -0.2) is 43.6 Å². The van der Waals surface area contributed by atoms with Crippen LogP contribution in [0.3, 0.4) is 0 Å². The zero-order chi connectivity index (χ0) is 18.4. The maximum absolute atomic E-state index is 12.5.